The molecule has 0 bridgehead atoms. The molecule has 1 aliphatic rings. The van der Waals surface area contributed by atoms with Gasteiger partial charge >= 0.3 is 269 Å². The Hall–Kier alpha value is -4.88. The molecule has 0 aliphatic heterocycles. The zero-order chi connectivity index (χ0) is 30.6. The molecule has 0 radical (unpaired) electrons. The maximum atomic E-state index is 6.28. The predicted molar refractivity (Wildman–Crippen MR) is 195 cm³/mol. The van der Waals surface area contributed by atoms with Gasteiger partial charge in [-0.25, -0.2) is 0 Å². The summed E-state index contributed by atoms with van der Waals surface area (Å²) in [5.41, 5.74) is 11.3. The summed E-state index contributed by atoms with van der Waals surface area (Å²) in [5, 5.41) is 7.86. The summed E-state index contributed by atoms with van der Waals surface area (Å²) in [5.74, 6) is 0.0574. The van der Waals surface area contributed by atoms with Crippen molar-refractivity contribution in [2.24, 2.45) is 0 Å². The minimum absolute atomic E-state index is 0.0574. The average Bonchev–Trinajstić information content (AvgIpc) is 3.73. The first-order valence-electron chi connectivity index (χ1n) is 16.0. The normalized spacial score (nSPS) is 14.4. The molecule has 7 aromatic carbocycles. The van der Waals surface area contributed by atoms with Crippen LogP contribution in [0.4, 0.5) is 0 Å². The number of furan rings is 1. The fourth-order valence-electron chi connectivity index (χ4n) is 8.31. The second-order valence-corrected chi connectivity index (χ2v) is 15.5. The molecule has 2 heteroatoms. The maximum absolute atomic E-state index is 6.28. The third-order valence-corrected chi connectivity index (χ3v) is 12.9. The third-order valence-electron chi connectivity index (χ3n) is 10.4. The van der Waals surface area contributed by atoms with Gasteiger partial charge in [-0.3, -0.25) is 0 Å². The Bertz CT molecular complexity index is 2680. The van der Waals surface area contributed by atoms with Gasteiger partial charge in [0.05, 0.1) is 0 Å². The second-order valence-electron chi connectivity index (χ2n) is 13.2. The van der Waals surface area contributed by atoms with Gasteiger partial charge in [0.2, 0.25) is 0 Å². The standard InChI is InChI=1S/C44H30OSe/c1-44(2)37-15-6-3-10-30(37)33-13-9-14-35(42(33)44)41(28-20-23-39-36(25-28)31-11-4-7-16-38(31)45-39)27-19-21-29-26(24-27)18-22-34-32-12-5-8-17-40(32)46-43(29)34/h3-25,41H,1-2H3. The van der Waals surface area contributed by atoms with Crippen LogP contribution in [0.15, 0.2) is 144 Å². The SMILES string of the molecule is CC1(C)c2ccccc2-c2cccc(C(c3ccc4c(ccc5c6ccccc6[se]c45)c3)c3ccc4oc5ccccc5c4c3)c21. The van der Waals surface area contributed by atoms with E-state index < -0.39 is 0 Å². The summed E-state index contributed by atoms with van der Waals surface area (Å²) in [7, 11) is 0. The van der Waals surface area contributed by atoms with Crippen molar-refractivity contribution in [1.82, 2.24) is 0 Å². The molecule has 46 heavy (non-hydrogen) atoms. The van der Waals surface area contributed by atoms with Crippen molar-refractivity contribution >= 4 is 66.5 Å². The first-order valence-corrected chi connectivity index (χ1v) is 17.8. The summed E-state index contributed by atoms with van der Waals surface area (Å²) >= 11 is 0.315. The van der Waals surface area contributed by atoms with Crippen LogP contribution in [0, 0.1) is 0 Å². The van der Waals surface area contributed by atoms with E-state index in [9.17, 15) is 0 Å². The quantitative estimate of drug-likeness (QED) is 0.137. The fourth-order valence-corrected chi connectivity index (χ4v) is 10.9. The Kier molecular flexibility index (Phi) is 5.48. The fraction of sp³-hybridized carbons (Fsp3) is 0.0909. The van der Waals surface area contributed by atoms with E-state index in [1.54, 1.807) is 0 Å². The van der Waals surface area contributed by atoms with Crippen molar-refractivity contribution in [3.63, 3.8) is 0 Å². The number of hydrogen-bond donors (Lipinski definition) is 0. The number of para-hydroxylation sites is 1. The van der Waals surface area contributed by atoms with Crippen LogP contribution in [0.2, 0.25) is 0 Å². The molecule has 1 unspecified atom stereocenters. The number of rotatable bonds is 3. The van der Waals surface area contributed by atoms with E-state index in [0.717, 1.165) is 11.2 Å². The van der Waals surface area contributed by atoms with Crippen molar-refractivity contribution in [1.29, 1.82) is 0 Å². The van der Waals surface area contributed by atoms with Gasteiger partial charge in [-0.15, -0.1) is 0 Å². The molecule has 0 saturated carbocycles. The zero-order valence-electron chi connectivity index (χ0n) is 25.7. The van der Waals surface area contributed by atoms with Gasteiger partial charge in [-0.05, 0) is 0 Å². The minimum atomic E-state index is -0.112. The van der Waals surface area contributed by atoms with Gasteiger partial charge in [0, 0.05) is 0 Å². The van der Waals surface area contributed by atoms with Crippen LogP contribution in [-0.4, -0.2) is 14.5 Å². The number of fused-ring (bicyclic) bond motifs is 11. The van der Waals surface area contributed by atoms with E-state index >= 15 is 0 Å². The topological polar surface area (TPSA) is 13.1 Å². The average molecular weight is 654 g/mol. The van der Waals surface area contributed by atoms with Crippen LogP contribution in [0.25, 0.3) is 63.1 Å². The molecular formula is C44H30OSe. The van der Waals surface area contributed by atoms with E-state index in [0.29, 0.717) is 14.5 Å². The molecule has 0 amide bonds. The first-order chi connectivity index (χ1) is 22.6. The van der Waals surface area contributed by atoms with Crippen LogP contribution >= 0.6 is 0 Å². The van der Waals surface area contributed by atoms with E-state index in [1.165, 1.54) is 79.8 Å². The summed E-state index contributed by atoms with van der Waals surface area (Å²) in [6, 6.07) is 52.1. The molecule has 9 aromatic rings. The van der Waals surface area contributed by atoms with Gasteiger partial charge in [0.15, 0.2) is 0 Å². The van der Waals surface area contributed by atoms with Crippen molar-refractivity contribution in [2.45, 2.75) is 25.2 Å². The molecule has 0 saturated heterocycles. The van der Waals surface area contributed by atoms with Gasteiger partial charge < -0.3 is 0 Å². The Morgan fingerprint density at radius 2 is 1.26 bits per heavy atom. The zero-order valence-corrected chi connectivity index (χ0v) is 27.4. The van der Waals surface area contributed by atoms with Crippen LogP contribution in [0.1, 0.15) is 47.6 Å². The van der Waals surface area contributed by atoms with Crippen LogP contribution in [-0.2, 0) is 5.41 Å². The second kappa shape index (κ2) is 9.56. The summed E-state index contributed by atoms with van der Waals surface area (Å²) in [6.45, 7) is 4.79. The molecule has 1 aliphatic carbocycles. The molecule has 0 N–H and O–H groups in total. The van der Waals surface area contributed by atoms with E-state index in [-0.39, 0.29) is 11.3 Å². The molecule has 1 nitrogen and oxygen atoms in total. The monoisotopic (exact) mass is 654 g/mol. The van der Waals surface area contributed by atoms with Crippen molar-refractivity contribution in [3.8, 4) is 11.1 Å². The van der Waals surface area contributed by atoms with Crippen molar-refractivity contribution < 1.29 is 4.42 Å². The molecule has 2 heterocycles. The van der Waals surface area contributed by atoms with Crippen LogP contribution < -0.4 is 0 Å². The molecule has 0 fully saturated rings. The van der Waals surface area contributed by atoms with E-state index in [4.69, 9.17) is 4.42 Å². The van der Waals surface area contributed by atoms with Crippen molar-refractivity contribution in [2.75, 3.05) is 0 Å². The van der Waals surface area contributed by atoms with Gasteiger partial charge in [0.25, 0.3) is 0 Å². The Labute approximate surface area is 273 Å². The summed E-state index contributed by atoms with van der Waals surface area (Å²) in [4.78, 5) is 0. The van der Waals surface area contributed by atoms with Crippen LogP contribution in [0.3, 0.4) is 0 Å². The molecule has 10 rings (SSSR count). The van der Waals surface area contributed by atoms with Gasteiger partial charge in [-0.1, -0.05) is 6.07 Å². The van der Waals surface area contributed by atoms with Gasteiger partial charge in [0.1, 0.15) is 0 Å². The number of benzene rings is 7. The Balaban J connectivity index is 1.25. The molecule has 2 aromatic heterocycles. The molecule has 218 valence electrons. The summed E-state index contributed by atoms with van der Waals surface area (Å²) in [6.07, 6.45) is 0. The summed E-state index contributed by atoms with van der Waals surface area (Å²) < 4.78 is 9.28. The molecule has 0 spiro atoms. The first kappa shape index (κ1) is 26.3. The number of hydrogen-bond acceptors (Lipinski definition) is 1. The Morgan fingerprint density at radius 1 is 0.543 bits per heavy atom. The predicted octanol–water partition coefficient (Wildman–Crippen LogP) is 11.6. The molecular weight excluding hydrogens is 623 g/mol. The van der Waals surface area contributed by atoms with E-state index in [1.807, 2.05) is 6.07 Å². The van der Waals surface area contributed by atoms with Crippen molar-refractivity contribution in [3.05, 3.63) is 167 Å². The van der Waals surface area contributed by atoms with Gasteiger partial charge in [-0.2, -0.15) is 0 Å². The van der Waals surface area contributed by atoms with E-state index in [2.05, 4.69) is 147 Å². The molecule has 1 atom stereocenters. The Morgan fingerprint density at radius 3 is 2.20 bits per heavy atom. The van der Waals surface area contributed by atoms with Crippen LogP contribution in [0.5, 0.6) is 0 Å². The third kappa shape index (κ3) is 3.63.